The molecule has 22 heavy (non-hydrogen) atoms. The Morgan fingerprint density at radius 2 is 1.73 bits per heavy atom. The van der Waals surface area contributed by atoms with Crippen LogP contribution in [0.1, 0.15) is 77.0 Å². The Balaban J connectivity index is 1.42. The van der Waals surface area contributed by atoms with Crippen LogP contribution in [0.25, 0.3) is 0 Å². The fourth-order valence-corrected chi connectivity index (χ4v) is 5.04. The van der Waals surface area contributed by atoms with Crippen molar-refractivity contribution in [2.75, 3.05) is 13.1 Å². The average Bonchev–Trinajstić information content (AvgIpc) is 2.57. The number of piperidine rings is 1. The van der Waals surface area contributed by atoms with Crippen LogP contribution in [0.2, 0.25) is 0 Å². The maximum Gasteiger partial charge on any atom is 0.220 e. The zero-order valence-electron chi connectivity index (χ0n) is 14.1. The van der Waals surface area contributed by atoms with Crippen molar-refractivity contribution in [1.82, 2.24) is 10.6 Å². The standard InChI is InChI=1S/C19H34N2O/c22-19(12-15-6-5-11-20-14-15)21-18-10-4-9-17(13-18)16-7-2-1-3-8-16/h15-18,20H,1-14H2,(H,21,22). The molecule has 0 bridgehead atoms. The van der Waals surface area contributed by atoms with E-state index in [0.29, 0.717) is 17.9 Å². The van der Waals surface area contributed by atoms with Crippen LogP contribution in [0.4, 0.5) is 0 Å². The molecule has 1 amide bonds. The number of amides is 1. The molecule has 3 heteroatoms. The second-order valence-corrected chi connectivity index (χ2v) is 8.01. The van der Waals surface area contributed by atoms with E-state index in [1.54, 1.807) is 0 Å². The normalized spacial score (nSPS) is 34.3. The third-order valence-electron chi connectivity index (χ3n) is 6.27. The van der Waals surface area contributed by atoms with Crippen LogP contribution in [0.5, 0.6) is 0 Å². The number of nitrogens with one attached hydrogen (secondary N) is 2. The molecular formula is C19H34N2O. The van der Waals surface area contributed by atoms with E-state index in [-0.39, 0.29) is 0 Å². The summed E-state index contributed by atoms with van der Waals surface area (Å²) in [5, 5.41) is 6.78. The lowest BCUT2D eigenvalue weighted by molar-refractivity contribution is -0.123. The summed E-state index contributed by atoms with van der Waals surface area (Å²) < 4.78 is 0. The van der Waals surface area contributed by atoms with Crippen LogP contribution in [0, 0.1) is 17.8 Å². The predicted molar refractivity (Wildman–Crippen MR) is 90.7 cm³/mol. The van der Waals surface area contributed by atoms with Crippen LogP contribution in [0.15, 0.2) is 0 Å². The number of hydrogen-bond acceptors (Lipinski definition) is 2. The summed E-state index contributed by atoms with van der Waals surface area (Å²) in [5.74, 6) is 2.71. The van der Waals surface area contributed by atoms with E-state index < -0.39 is 0 Å². The van der Waals surface area contributed by atoms with Gasteiger partial charge in [0, 0.05) is 12.5 Å². The van der Waals surface area contributed by atoms with Gasteiger partial charge in [-0.3, -0.25) is 4.79 Å². The number of hydrogen-bond donors (Lipinski definition) is 2. The van der Waals surface area contributed by atoms with E-state index in [1.165, 1.54) is 70.6 Å². The number of carbonyl (C=O) groups is 1. The van der Waals surface area contributed by atoms with Crippen LogP contribution < -0.4 is 10.6 Å². The SMILES string of the molecule is O=C(CC1CCCNC1)NC1CCCC(C2CCCCC2)C1. The van der Waals surface area contributed by atoms with Gasteiger partial charge in [-0.25, -0.2) is 0 Å². The van der Waals surface area contributed by atoms with E-state index in [9.17, 15) is 4.79 Å². The van der Waals surface area contributed by atoms with Gasteiger partial charge < -0.3 is 10.6 Å². The second kappa shape index (κ2) is 8.33. The summed E-state index contributed by atoms with van der Waals surface area (Å²) in [6.07, 6.45) is 15.6. The van der Waals surface area contributed by atoms with Gasteiger partial charge in [-0.15, -0.1) is 0 Å². The molecule has 1 saturated heterocycles. The minimum Gasteiger partial charge on any atom is -0.353 e. The third-order valence-corrected chi connectivity index (χ3v) is 6.27. The highest BCUT2D eigenvalue weighted by Gasteiger charge is 2.30. The maximum absolute atomic E-state index is 12.3. The van der Waals surface area contributed by atoms with Crippen LogP contribution in [-0.2, 0) is 4.79 Å². The minimum absolute atomic E-state index is 0.308. The van der Waals surface area contributed by atoms with Crippen molar-refractivity contribution in [3.05, 3.63) is 0 Å². The Kier molecular flexibility index (Phi) is 6.17. The van der Waals surface area contributed by atoms with Crippen LogP contribution in [-0.4, -0.2) is 25.0 Å². The topological polar surface area (TPSA) is 41.1 Å². The van der Waals surface area contributed by atoms with Gasteiger partial charge in [0.05, 0.1) is 0 Å². The molecule has 3 unspecified atom stereocenters. The van der Waals surface area contributed by atoms with E-state index >= 15 is 0 Å². The lowest BCUT2D eigenvalue weighted by Crippen LogP contribution is -2.41. The summed E-state index contributed by atoms with van der Waals surface area (Å²) in [7, 11) is 0. The van der Waals surface area contributed by atoms with Crippen molar-refractivity contribution in [1.29, 1.82) is 0 Å². The molecule has 2 saturated carbocycles. The lowest BCUT2D eigenvalue weighted by atomic mass is 9.72. The fraction of sp³-hybridized carbons (Fsp3) is 0.947. The molecule has 126 valence electrons. The molecule has 3 rings (SSSR count). The molecule has 0 aromatic rings. The first-order chi connectivity index (χ1) is 10.8. The molecule has 0 radical (unpaired) electrons. The average molecular weight is 306 g/mol. The van der Waals surface area contributed by atoms with E-state index in [1.807, 2.05) is 0 Å². The molecule has 3 atom stereocenters. The van der Waals surface area contributed by atoms with Gasteiger partial charge in [-0.05, 0) is 56.5 Å². The molecule has 3 fully saturated rings. The van der Waals surface area contributed by atoms with Gasteiger partial charge in [-0.2, -0.15) is 0 Å². The fourth-order valence-electron chi connectivity index (χ4n) is 5.04. The van der Waals surface area contributed by atoms with E-state index in [0.717, 1.165) is 31.3 Å². The number of carbonyl (C=O) groups excluding carboxylic acids is 1. The van der Waals surface area contributed by atoms with Crippen LogP contribution in [0.3, 0.4) is 0 Å². The van der Waals surface area contributed by atoms with Gasteiger partial charge in [0.1, 0.15) is 0 Å². The van der Waals surface area contributed by atoms with E-state index in [2.05, 4.69) is 10.6 Å². The quantitative estimate of drug-likeness (QED) is 0.832. The van der Waals surface area contributed by atoms with Crippen LogP contribution >= 0.6 is 0 Å². The Morgan fingerprint density at radius 1 is 0.909 bits per heavy atom. The van der Waals surface area contributed by atoms with Crippen molar-refractivity contribution in [3.8, 4) is 0 Å². The molecular weight excluding hydrogens is 272 g/mol. The molecule has 3 aliphatic rings. The van der Waals surface area contributed by atoms with Gasteiger partial charge in [0.2, 0.25) is 5.91 Å². The van der Waals surface area contributed by atoms with Gasteiger partial charge in [0.15, 0.2) is 0 Å². The first-order valence-corrected chi connectivity index (χ1v) is 9.81. The van der Waals surface area contributed by atoms with Crippen molar-refractivity contribution in [3.63, 3.8) is 0 Å². The molecule has 0 spiro atoms. The molecule has 1 heterocycles. The summed E-state index contributed by atoms with van der Waals surface area (Å²) >= 11 is 0. The molecule has 2 N–H and O–H groups in total. The highest BCUT2D eigenvalue weighted by Crippen LogP contribution is 2.38. The Hall–Kier alpha value is -0.570. The second-order valence-electron chi connectivity index (χ2n) is 8.01. The molecule has 1 aliphatic heterocycles. The third kappa shape index (κ3) is 4.71. The largest absolute Gasteiger partial charge is 0.353 e. The highest BCUT2D eigenvalue weighted by molar-refractivity contribution is 5.76. The first kappa shape index (κ1) is 16.3. The molecule has 3 nitrogen and oxygen atoms in total. The van der Waals surface area contributed by atoms with Crippen molar-refractivity contribution >= 4 is 5.91 Å². The summed E-state index contributed by atoms with van der Waals surface area (Å²) in [5.41, 5.74) is 0. The zero-order chi connectivity index (χ0) is 15.2. The minimum atomic E-state index is 0.308. The Labute approximate surface area is 136 Å². The van der Waals surface area contributed by atoms with Crippen molar-refractivity contribution in [2.45, 2.75) is 83.1 Å². The van der Waals surface area contributed by atoms with E-state index in [4.69, 9.17) is 0 Å². The highest BCUT2D eigenvalue weighted by atomic mass is 16.1. The molecule has 0 aromatic heterocycles. The van der Waals surface area contributed by atoms with Crippen molar-refractivity contribution < 1.29 is 4.79 Å². The smallest absolute Gasteiger partial charge is 0.220 e. The zero-order valence-corrected chi connectivity index (χ0v) is 14.1. The first-order valence-electron chi connectivity index (χ1n) is 9.81. The maximum atomic E-state index is 12.3. The summed E-state index contributed by atoms with van der Waals surface area (Å²) in [4.78, 5) is 12.3. The Bertz CT molecular complexity index is 345. The summed E-state index contributed by atoms with van der Waals surface area (Å²) in [6.45, 7) is 2.16. The summed E-state index contributed by atoms with van der Waals surface area (Å²) in [6, 6.07) is 0.463. The van der Waals surface area contributed by atoms with Gasteiger partial charge >= 0.3 is 0 Å². The van der Waals surface area contributed by atoms with Gasteiger partial charge in [0.25, 0.3) is 0 Å². The molecule has 0 aromatic carbocycles. The van der Waals surface area contributed by atoms with Crippen molar-refractivity contribution in [2.24, 2.45) is 17.8 Å². The predicted octanol–water partition coefficient (Wildman–Crippen LogP) is 3.63. The number of rotatable bonds is 4. The Morgan fingerprint density at radius 3 is 2.50 bits per heavy atom. The lowest BCUT2D eigenvalue weighted by Gasteiger charge is -2.37. The monoisotopic (exact) mass is 306 g/mol. The van der Waals surface area contributed by atoms with Gasteiger partial charge in [-0.1, -0.05) is 44.9 Å². The molecule has 2 aliphatic carbocycles.